The van der Waals surface area contributed by atoms with Crippen LogP contribution in [0.5, 0.6) is 0 Å². The predicted octanol–water partition coefficient (Wildman–Crippen LogP) is 2.52. The van der Waals surface area contributed by atoms with E-state index in [1.54, 1.807) is 11.9 Å². The Morgan fingerprint density at radius 2 is 1.71 bits per heavy atom. The lowest BCUT2D eigenvalue weighted by molar-refractivity contribution is -0.140. The van der Waals surface area contributed by atoms with Crippen molar-refractivity contribution in [3.8, 4) is 0 Å². The van der Waals surface area contributed by atoms with Gasteiger partial charge in [-0.1, -0.05) is 54.6 Å². The van der Waals surface area contributed by atoms with Crippen molar-refractivity contribution in [1.29, 1.82) is 0 Å². The number of likely N-dealkylation sites (N-methyl/N-ethyl adjacent to an activating group) is 1. The minimum Gasteiger partial charge on any atom is -0.351 e. The zero-order chi connectivity index (χ0) is 19.5. The van der Waals surface area contributed by atoms with E-state index in [0.717, 1.165) is 43.6 Å². The normalized spacial score (nSPS) is 20.7. The van der Waals surface area contributed by atoms with Crippen LogP contribution < -0.4 is 5.32 Å². The van der Waals surface area contributed by atoms with Crippen molar-refractivity contribution in [1.82, 2.24) is 15.1 Å². The maximum atomic E-state index is 13.0. The van der Waals surface area contributed by atoms with E-state index in [-0.39, 0.29) is 17.9 Å². The molecule has 2 aliphatic rings. The van der Waals surface area contributed by atoms with E-state index in [4.69, 9.17) is 0 Å². The van der Waals surface area contributed by atoms with E-state index in [2.05, 4.69) is 34.5 Å². The van der Waals surface area contributed by atoms with Crippen molar-refractivity contribution >= 4 is 11.8 Å². The highest BCUT2D eigenvalue weighted by atomic mass is 16.2. The van der Waals surface area contributed by atoms with Crippen LogP contribution in [0.2, 0.25) is 0 Å². The topological polar surface area (TPSA) is 52.7 Å². The van der Waals surface area contributed by atoms with Gasteiger partial charge < -0.3 is 10.2 Å². The molecule has 0 spiro atoms. The second-order valence-corrected chi connectivity index (χ2v) is 7.83. The molecule has 1 saturated heterocycles. The van der Waals surface area contributed by atoms with Gasteiger partial charge in [0.25, 0.3) is 0 Å². The first-order valence-corrected chi connectivity index (χ1v) is 10.0. The lowest BCUT2D eigenvalue weighted by atomic mass is 9.91. The molecule has 5 heteroatoms. The van der Waals surface area contributed by atoms with Gasteiger partial charge >= 0.3 is 0 Å². The molecule has 0 aromatic heterocycles. The second kappa shape index (κ2) is 8.15. The summed E-state index contributed by atoms with van der Waals surface area (Å²) in [6.07, 6.45) is 2.24. The van der Waals surface area contributed by atoms with Gasteiger partial charge in [-0.2, -0.15) is 0 Å². The fraction of sp³-hybridized carbons (Fsp3) is 0.391. The van der Waals surface area contributed by atoms with Gasteiger partial charge in [-0.15, -0.1) is 0 Å². The number of piperidine rings is 1. The third-order valence-electron chi connectivity index (χ3n) is 5.90. The highest BCUT2D eigenvalue weighted by molar-refractivity contribution is 5.92. The molecular formula is C23H27N3O2. The molecule has 2 aromatic rings. The Hall–Kier alpha value is -2.66. The summed E-state index contributed by atoms with van der Waals surface area (Å²) in [6.45, 7) is 2.89. The summed E-state index contributed by atoms with van der Waals surface area (Å²) in [6, 6.07) is 17.9. The number of nitrogens with one attached hydrogen (secondary N) is 1. The van der Waals surface area contributed by atoms with Crippen molar-refractivity contribution in [3.05, 3.63) is 71.3 Å². The number of rotatable bonds is 4. The van der Waals surface area contributed by atoms with Crippen LogP contribution in [0.15, 0.2) is 54.6 Å². The van der Waals surface area contributed by atoms with E-state index >= 15 is 0 Å². The van der Waals surface area contributed by atoms with Crippen LogP contribution in [0.4, 0.5) is 0 Å². The average molecular weight is 377 g/mol. The molecule has 0 bridgehead atoms. The van der Waals surface area contributed by atoms with Gasteiger partial charge in [0.2, 0.25) is 11.8 Å². The van der Waals surface area contributed by atoms with Gasteiger partial charge in [-0.3, -0.25) is 14.5 Å². The van der Waals surface area contributed by atoms with Crippen LogP contribution in [-0.4, -0.2) is 47.8 Å². The summed E-state index contributed by atoms with van der Waals surface area (Å²) in [4.78, 5) is 29.4. The highest BCUT2D eigenvalue weighted by Gasteiger charge is 2.35. The van der Waals surface area contributed by atoms with Crippen molar-refractivity contribution in [3.63, 3.8) is 0 Å². The summed E-state index contributed by atoms with van der Waals surface area (Å²) in [5.74, 6) is -0.0685. The second-order valence-electron chi connectivity index (χ2n) is 7.83. The Kier molecular flexibility index (Phi) is 5.44. The molecular weight excluding hydrogens is 350 g/mol. The maximum absolute atomic E-state index is 13.0. The molecule has 2 amide bonds. The Balaban J connectivity index is 1.36. The molecule has 4 rings (SSSR count). The van der Waals surface area contributed by atoms with E-state index < -0.39 is 6.04 Å². The van der Waals surface area contributed by atoms with Gasteiger partial charge in [0.05, 0.1) is 6.42 Å². The standard InChI is InChI=1S/C23H27N3O2/c1-25-21(27)15-18-9-5-6-10-20(18)22(25)23(28)24-19-11-13-26(14-12-19)16-17-7-3-2-4-8-17/h2-10,19,22H,11-16H2,1H3,(H,24,28). The molecule has 1 fully saturated rings. The van der Waals surface area contributed by atoms with Crippen LogP contribution in [0.3, 0.4) is 0 Å². The molecule has 0 radical (unpaired) electrons. The molecule has 0 saturated carbocycles. The number of likely N-dealkylation sites (tertiary alicyclic amines) is 1. The lowest BCUT2D eigenvalue weighted by Crippen LogP contribution is -2.50. The number of carbonyl (C=O) groups excluding carboxylic acids is 2. The zero-order valence-corrected chi connectivity index (χ0v) is 16.3. The molecule has 2 heterocycles. The first-order chi connectivity index (χ1) is 13.6. The van der Waals surface area contributed by atoms with Crippen molar-refractivity contribution in [2.75, 3.05) is 20.1 Å². The van der Waals surface area contributed by atoms with E-state index in [0.29, 0.717) is 6.42 Å². The van der Waals surface area contributed by atoms with Gasteiger partial charge in [0.1, 0.15) is 6.04 Å². The third-order valence-corrected chi connectivity index (χ3v) is 5.90. The van der Waals surface area contributed by atoms with E-state index in [1.165, 1.54) is 5.56 Å². The first kappa shape index (κ1) is 18.7. The Morgan fingerprint density at radius 3 is 2.46 bits per heavy atom. The average Bonchev–Trinajstić information content (AvgIpc) is 2.71. The van der Waals surface area contributed by atoms with Gasteiger partial charge in [0, 0.05) is 32.7 Å². The third kappa shape index (κ3) is 3.94. The van der Waals surface area contributed by atoms with E-state index in [9.17, 15) is 9.59 Å². The monoisotopic (exact) mass is 377 g/mol. The molecule has 1 N–H and O–H groups in total. The first-order valence-electron chi connectivity index (χ1n) is 10.0. The number of benzene rings is 2. The Bertz CT molecular complexity index is 844. The molecule has 0 aliphatic carbocycles. The molecule has 1 atom stereocenters. The van der Waals surface area contributed by atoms with Crippen LogP contribution in [0, 0.1) is 0 Å². The van der Waals surface area contributed by atoms with Gasteiger partial charge in [-0.05, 0) is 29.5 Å². The van der Waals surface area contributed by atoms with Crippen LogP contribution in [0.1, 0.15) is 35.6 Å². The smallest absolute Gasteiger partial charge is 0.247 e. The highest BCUT2D eigenvalue weighted by Crippen LogP contribution is 2.29. The summed E-state index contributed by atoms with van der Waals surface area (Å²) in [5, 5.41) is 3.21. The summed E-state index contributed by atoms with van der Waals surface area (Å²) in [7, 11) is 1.73. The Labute approximate surface area is 166 Å². The number of carbonyl (C=O) groups is 2. The zero-order valence-electron chi connectivity index (χ0n) is 16.3. The van der Waals surface area contributed by atoms with E-state index in [1.807, 2.05) is 30.3 Å². The van der Waals surface area contributed by atoms with Crippen LogP contribution >= 0.6 is 0 Å². The Morgan fingerprint density at radius 1 is 1.04 bits per heavy atom. The van der Waals surface area contributed by atoms with Crippen molar-refractivity contribution < 1.29 is 9.59 Å². The lowest BCUT2D eigenvalue weighted by Gasteiger charge is -2.36. The molecule has 2 aliphatic heterocycles. The number of fused-ring (bicyclic) bond motifs is 1. The summed E-state index contributed by atoms with van der Waals surface area (Å²) in [5.41, 5.74) is 3.23. The molecule has 2 aromatic carbocycles. The molecule has 1 unspecified atom stereocenters. The number of nitrogens with zero attached hydrogens (tertiary/aromatic N) is 2. The molecule has 28 heavy (non-hydrogen) atoms. The predicted molar refractivity (Wildman–Crippen MR) is 109 cm³/mol. The van der Waals surface area contributed by atoms with Crippen molar-refractivity contribution in [2.24, 2.45) is 0 Å². The minimum atomic E-state index is -0.528. The number of hydrogen-bond donors (Lipinski definition) is 1. The largest absolute Gasteiger partial charge is 0.351 e. The number of amides is 2. The number of hydrogen-bond acceptors (Lipinski definition) is 3. The van der Waals surface area contributed by atoms with Crippen LogP contribution in [-0.2, 0) is 22.6 Å². The summed E-state index contributed by atoms with van der Waals surface area (Å²) < 4.78 is 0. The maximum Gasteiger partial charge on any atom is 0.247 e. The fourth-order valence-corrected chi connectivity index (χ4v) is 4.28. The minimum absolute atomic E-state index is 0.00321. The summed E-state index contributed by atoms with van der Waals surface area (Å²) >= 11 is 0. The molecule has 146 valence electrons. The quantitative estimate of drug-likeness (QED) is 0.891. The van der Waals surface area contributed by atoms with Gasteiger partial charge in [-0.25, -0.2) is 0 Å². The fourth-order valence-electron chi connectivity index (χ4n) is 4.28. The van der Waals surface area contributed by atoms with Crippen molar-refractivity contribution in [2.45, 2.75) is 37.9 Å². The SMILES string of the molecule is CN1C(=O)Cc2ccccc2C1C(=O)NC1CCN(Cc2ccccc2)CC1. The molecule has 5 nitrogen and oxygen atoms in total. The van der Waals surface area contributed by atoms with Gasteiger partial charge in [0.15, 0.2) is 0 Å². The van der Waals surface area contributed by atoms with Crippen LogP contribution in [0.25, 0.3) is 0 Å².